The highest BCUT2D eigenvalue weighted by molar-refractivity contribution is 5.74. The lowest BCUT2D eigenvalue weighted by atomic mass is 9.93. The number of carbonyl (C=O) groups is 3. The molecule has 3 N–H and O–H groups in total. The molecule has 1 fully saturated rings. The largest absolute Gasteiger partial charge is 0.469 e. The zero-order chi connectivity index (χ0) is 21.3. The highest BCUT2D eigenvalue weighted by atomic mass is 16.6. The standard InChI is InChI=1S/C20H36N2O6/c1-13(23)21-11-9-7-6-8-10-14-16(22-19(26)28-20(2,3)4)12-15(17(14)24)18(25)27-5/h14-17,24H,6-12H2,1-5H3,(H,21,23)(H,22,26). The molecular weight excluding hydrogens is 364 g/mol. The molecule has 0 bridgehead atoms. The van der Waals surface area contributed by atoms with Crippen molar-refractivity contribution in [3.8, 4) is 0 Å². The monoisotopic (exact) mass is 400 g/mol. The van der Waals surface area contributed by atoms with Crippen molar-refractivity contribution in [2.45, 2.75) is 84.0 Å². The van der Waals surface area contributed by atoms with Crippen LogP contribution in [0.3, 0.4) is 0 Å². The van der Waals surface area contributed by atoms with Crippen LogP contribution in [0.25, 0.3) is 0 Å². The molecule has 1 aliphatic rings. The van der Waals surface area contributed by atoms with Gasteiger partial charge in [-0.05, 0) is 40.0 Å². The molecule has 0 radical (unpaired) electrons. The molecule has 0 spiro atoms. The molecule has 0 aliphatic heterocycles. The first-order valence-electron chi connectivity index (χ1n) is 10.0. The summed E-state index contributed by atoms with van der Waals surface area (Å²) < 4.78 is 10.1. The summed E-state index contributed by atoms with van der Waals surface area (Å²) in [5.41, 5.74) is -0.619. The molecule has 1 saturated carbocycles. The summed E-state index contributed by atoms with van der Waals surface area (Å²) in [7, 11) is 1.30. The van der Waals surface area contributed by atoms with Gasteiger partial charge >= 0.3 is 12.1 Å². The highest BCUT2D eigenvalue weighted by Gasteiger charge is 2.46. The maximum absolute atomic E-state index is 12.2. The molecule has 162 valence electrons. The third kappa shape index (κ3) is 8.46. The van der Waals surface area contributed by atoms with Gasteiger partial charge in [0.1, 0.15) is 5.60 Å². The van der Waals surface area contributed by atoms with Crippen LogP contribution in [0.5, 0.6) is 0 Å². The second-order valence-electron chi connectivity index (χ2n) is 8.46. The van der Waals surface area contributed by atoms with E-state index >= 15 is 0 Å². The maximum atomic E-state index is 12.2. The van der Waals surface area contributed by atoms with Crippen LogP contribution in [0.2, 0.25) is 0 Å². The van der Waals surface area contributed by atoms with Crippen molar-refractivity contribution in [2.24, 2.45) is 11.8 Å². The Balaban J connectivity index is 2.57. The topological polar surface area (TPSA) is 114 Å². The van der Waals surface area contributed by atoms with Gasteiger partial charge in [-0.25, -0.2) is 4.79 Å². The summed E-state index contributed by atoms with van der Waals surface area (Å²) in [6.45, 7) is 7.51. The molecule has 4 unspecified atom stereocenters. The lowest BCUT2D eigenvalue weighted by molar-refractivity contribution is -0.148. The molecule has 8 heteroatoms. The number of carbonyl (C=O) groups excluding carboxylic acids is 3. The van der Waals surface area contributed by atoms with Crippen LogP contribution in [0.1, 0.15) is 66.2 Å². The molecule has 4 atom stereocenters. The summed E-state index contributed by atoms with van der Waals surface area (Å²) in [6, 6.07) is -0.340. The SMILES string of the molecule is COC(=O)C1CC(NC(=O)OC(C)(C)C)C(CCCCCCNC(C)=O)C1O. The summed E-state index contributed by atoms with van der Waals surface area (Å²) in [5.74, 6) is -1.36. The van der Waals surface area contributed by atoms with Gasteiger partial charge in [0.2, 0.25) is 5.91 Å². The summed E-state index contributed by atoms with van der Waals surface area (Å²) in [5, 5.41) is 16.2. The second-order valence-corrected chi connectivity index (χ2v) is 8.46. The van der Waals surface area contributed by atoms with Crippen LogP contribution in [0, 0.1) is 11.8 Å². The number of hydrogen-bond acceptors (Lipinski definition) is 6. The Labute approximate surface area is 167 Å². The second kappa shape index (κ2) is 11.2. The Morgan fingerprint density at radius 2 is 1.75 bits per heavy atom. The van der Waals surface area contributed by atoms with Crippen molar-refractivity contribution < 1.29 is 29.0 Å². The fraction of sp³-hybridized carbons (Fsp3) is 0.850. The van der Waals surface area contributed by atoms with Crippen LogP contribution in [0.4, 0.5) is 4.79 Å². The molecule has 2 amide bonds. The zero-order valence-corrected chi connectivity index (χ0v) is 17.7. The number of aliphatic hydroxyl groups is 1. The number of methoxy groups -OCH3 is 1. The molecule has 28 heavy (non-hydrogen) atoms. The van der Waals surface area contributed by atoms with Crippen LogP contribution >= 0.6 is 0 Å². The van der Waals surface area contributed by atoms with Gasteiger partial charge in [0.25, 0.3) is 0 Å². The lowest BCUT2D eigenvalue weighted by Gasteiger charge is -2.25. The van der Waals surface area contributed by atoms with Crippen LogP contribution in [-0.2, 0) is 19.1 Å². The normalized spacial score (nSPS) is 24.5. The van der Waals surface area contributed by atoms with Crippen LogP contribution < -0.4 is 10.6 Å². The quantitative estimate of drug-likeness (QED) is 0.404. The molecule has 8 nitrogen and oxygen atoms in total. The Morgan fingerprint density at radius 3 is 2.32 bits per heavy atom. The first kappa shape index (κ1) is 24.2. The lowest BCUT2D eigenvalue weighted by Crippen LogP contribution is -2.42. The van der Waals surface area contributed by atoms with E-state index in [-0.39, 0.29) is 17.9 Å². The van der Waals surface area contributed by atoms with Crippen LogP contribution in [0.15, 0.2) is 0 Å². The van der Waals surface area contributed by atoms with E-state index < -0.39 is 29.7 Å². The van der Waals surface area contributed by atoms with Gasteiger partial charge in [-0.1, -0.05) is 19.3 Å². The Morgan fingerprint density at radius 1 is 1.11 bits per heavy atom. The molecule has 1 aliphatic carbocycles. The number of amides is 2. The number of hydrogen-bond donors (Lipinski definition) is 3. The van der Waals surface area contributed by atoms with Gasteiger partial charge < -0.3 is 25.2 Å². The molecular formula is C20H36N2O6. The van der Waals surface area contributed by atoms with Crippen LogP contribution in [-0.4, -0.2) is 54.5 Å². The van der Waals surface area contributed by atoms with Gasteiger partial charge in [0, 0.05) is 25.4 Å². The zero-order valence-electron chi connectivity index (χ0n) is 17.7. The number of esters is 1. The Kier molecular flexibility index (Phi) is 9.72. The number of alkyl carbamates (subject to hydrolysis) is 1. The average molecular weight is 401 g/mol. The number of ether oxygens (including phenoxy) is 2. The van der Waals surface area contributed by atoms with E-state index in [4.69, 9.17) is 9.47 Å². The van der Waals surface area contributed by atoms with E-state index in [0.717, 1.165) is 25.7 Å². The predicted octanol–water partition coefficient (Wildman–Crippen LogP) is 2.14. The van der Waals surface area contributed by atoms with E-state index in [0.29, 0.717) is 19.4 Å². The predicted molar refractivity (Wildman–Crippen MR) is 105 cm³/mol. The third-order valence-electron chi connectivity index (χ3n) is 4.92. The van der Waals surface area contributed by atoms with Crippen molar-refractivity contribution in [1.29, 1.82) is 0 Å². The molecule has 0 aromatic heterocycles. The summed E-state index contributed by atoms with van der Waals surface area (Å²) in [4.78, 5) is 35.0. The minimum atomic E-state index is -0.855. The van der Waals surface area contributed by atoms with Crippen molar-refractivity contribution in [1.82, 2.24) is 10.6 Å². The van der Waals surface area contributed by atoms with Crippen molar-refractivity contribution in [3.05, 3.63) is 0 Å². The third-order valence-corrected chi connectivity index (χ3v) is 4.92. The fourth-order valence-electron chi connectivity index (χ4n) is 3.63. The van der Waals surface area contributed by atoms with E-state index in [1.807, 2.05) is 0 Å². The van der Waals surface area contributed by atoms with Gasteiger partial charge in [-0.2, -0.15) is 0 Å². The van der Waals surface area contributed by atoms with Gasteiger partial charge in [-0.15, -0.1) is 0 Å². The molecule has 1 rings (SSSR count). The fourth-order valence-corrected chi connectivity index (χ4v) is 3.63. The van der Waals surface area contributed by atoms with Crippen molar-refractivity contribution in [3.63, 3.8) is 0 Å². The summed E-state index contributed by atoms with van der Waals surface area (Å²) in [6.07, 6.45) is 3.30. The highest BCUT2D eigenvalue weighted by Crippen LogP contribution is 2.36. The van der Waals surface area contributed by atoms with E-state index in [1.165, 1.54) is 14.0 Å². The molecule has 0 heterocycles. The van der Waals surface area contributed by atoms with Gasteiger partial charge in [0.05, 0.1) is 19.1 Å². The van der Waals surface area contributed by atoms with Crippen molar-refractivity contribution in [2.75, 3.05) is 13.7 Å². The number of nitrogens with one attached hydrogen (secondary N) is 2. The van der Waals surface area contributed by atoms with E-state index in [2.05, 4.69) is 10.6 Å². The maximum Gasteiger partial charge on any atom is 0.407 e. The molecule has 0 aromatic carbocycles. The smallest absolute Gasteiger partial charge is 0.407 e. The number of rotatable bonds is 9. The minimum Gasteiger partial charge on any atom is -0.469 e. The number of unbranched alkanes of at least 4 members (excludes halogenated alkanes) is 3. The first-order chi connectivity index (χ1) is 13.0. The Hall–Kier alpha value is -1.83. The van der Waals surface area contributed by atoms with Gasteiger partial charge in [-0.3, -0.25) is 9.59 Å². The molecule has 0 saturated heterocycles. The average Bonchev–Trinajstić information content (AvgIpc) is 2.87. The van der Waals surface area contributed by atoms with Crippen molar-refractivity contribution >= 4 is 18.0 Å². The van der Waals surface area contributed by atoms with E-state index in [1.54, 1.807) is 20.8 Å². The molecule has 0 aromatic rings. The Bertz CT molecular complexity index is 531. The minimum absolute atomic E-state index is 0.0287. The van der Waals surface area contributed by atoms with E-state index in [9.17, 15) is 19.5 Å². The summed E-state index contributed by atoms with van der Waals surface area (Å²) >= 11 is 0. The first-order valence-corrected chi connectivity index (χ1v) is 10.0. The number of aliphatic hydroxyl groups excluding tert-OH is 1. The van der Waals surface area contributed by atoms with Gasteiger partial charge in [0.15, 0.2) is 0 Å².